The van der Waals surface area contributed by atoms with E-state index in [2.05, 4.69) is 21.2 Å². The van der Waals surface area contributed by atoms with Gasteiger partial charge in [0.25, 0.3) is 0 Å². The highest BCUT2D eigenvalue weighted by Gasteiger charge is 2.29. The summed E-state index contributed by atoms with van der Waals surface area (Å²) in [6.45, 7) is 2.82. The minimum absolute atomic E-state index is 0.141. The molecule has 0 radical (unpaired) electrons. The topological polar surface area (TPSA) is 49.4 Å². The predicted molar refractivity (Wildman–Crippen MR) is 74.6 cm³/mol. The molecule has 0 spiro atoms. The van der Waals surface area contributed by atoms with Crippen molar-refractivity contribution in [3.63, 3.8) is 0 Å². The third kappa shape index (κ3) is 3.05. The van der Waals surface area contributed by atoms with Gasteiger partial charge in [-0.25, -0.2) is 4.79 Å². The summed E-state index contributed by atoms with van der Waals surface area (Å²) in [5.74, 6) is -0.141. The number of carbonyl (C=O) groups is 2. The number of thioether (sulfide) groups is 1. The molecule has 1 aliphatic heterocycles. The molecule has 0 aromatic heterocycles. The van der Waals surface area contributed by atoms with Gasteiger partial charge < -0.3 is 5.32 Å². The summed E-state index contributed by atoms with van der Waals surface area (Å²) in [5.41, 5.74) is 0. The summed E-state index contributed by atoms with van der Waals surface area (Å²) in [4.78, 5) is 25.7. The van der Waals surface area contributed by atoms with E-state index in [9.17, 15) is 9.59 Å². The molecule has 1 N–H and O–H groups in total. The van der Waals surface area contributed by atoms with Crippen molar-refractivity contribution in [3.8, 4) is 0 Å². The van der Waals surface area contributed by atoms with E-state index in [4.69, 9.17) is 0 Å². The number of amides is 3. The fraction of sp³-hybridized carbons (Fsp3) is 0.333. The predicted octanol–water partition coefficient (Wildman–Crippen LogP) is 2.48. The Kier molecular flexibility index (Phi) is 4.29. The average molecular weight is 329 g/mol. The molecular formula is C12H13BrN2O2S. The third-order valence-corrected chi connectivity index (χ3v) is 4.23. The van der Waals surface area contributed by atoms with Gasteiger partial charge in [0.1, 0.15) is 0 Å². The van der Waals surface area contributed by atoms with E-state index >= 15 is 0 Å². The van der Waals surface area contributed by atoms with Gasteiger partial charge in [-0.2, -0.15) is 0 Å². The number of imide groups is 1. The van der Waals surface area contributed by atoms with Crippen molar-refractivity contribution in [2.45, 2.75) is 17.1 Å². The zero-order chi connectivity index (χ0) is 13.1. The van der Waals surface area contributed by atoms with Gasteiger partial charge in [-0.1, -0.05) is 15.9 Å². The molecule has 1 unspecified atom stereocenters. The maximum absolute atomic E-state index is 12.1. The Bertz CT molecular complexity index is 464. The van der Waals surface area contributed by atoms with Crippen LogP contribution in [0, 0.1) is 0 Å². The molecule has 1 aliphatic rings. The number of benzene rings is 1. The molecule has 0 aliphatic carbocycles. The zero-order valence-corrected chi connectivity index (χ0v) is 12.3. The van der Waals surface area contributed by atoms with Crippen LogP contribution >= 0.6 is 27.7 Å². The fourth-order valence-corrected chi connectivity index (χ4v) is 2.86. The Labute approximate surface area is 118 Å². The molecule has 6 heteroatoms. The van der Waals surface area contributed by atoms with Crippen LogP contribution in [-0.2, 0) is 4.79 Å². The summed E-state index contributed by atoms with van der Waals surface area (Å²) in [5, 5.41) is 2.36. The zero-order valence-electron chi connectivity index (χ0n) is 9.85. The largest absolute Gasteiger partial charge is 0.336 e. The van der Waals surface area contributed by atoms with Crippen LogP contribution in [0.2, 0.25) is 0 Å². The first kappa shape index (κ1) is 13.4. The Morgan fingerprint density at radius 2 is 2.11 bits per heavy atom. The lowest BCUT2D eigenvalue weighted by molar-refractivity contribution is -0.126. The lowest BCUT2D eigenvalue weighted by atomic mass is 10.4. The molecule has 1 aromatic rings. The number of rotatable bonds is 3. The van der Waals surface area contributed by atoms with Crippen LogP contribution in [-0.4, -0.2) is 35.2 Å². The van der Waals surface area contributed by atoms with Crippen LogP contribution in [0.15, 0.2) is 33.6 Å². The smallest absolute Gasteiger partial charge is 0.324 e. The first-order chi connectivity index (χ1) is 8.58. The van der Waals surface area contributed by atoms with Gasteiger partial charge >= 0.3 is 6.03 Å². The number of hydrogen-bond acceptors (Lipinski definition) is 3. The highest BCUT2D eigenvalue weighted by Crippen LogP contribution is 2.26. The Morgan fingerprint density at radius 1 is 1.44 bits per heavy atom. The van der Waals surface area contributed by atoms with E-state index in [0.29, 0.717) is 13.1 Å². The second-order valence-electron chi connectivity index (χ2n) is 3.94. The van der Waals surface area contributed by atoms with Crippen molar-refractivity contribution in [1.29, 1.82) is 0 Å². The Hall–Kier alpha value is -1.01. The summed E-state index contributed by atoms with van der Waals surface area (Å²) < 4.78 is 1.00. The van der Waals surface area contributed by atoms with Crippen molar-refractivity contribution < 1.29 is 9.59 Å². The second-order valence-corrected chi connectivity index (χ2v) is 6.27. The van der Waals surface area contributed by atoms with E-state index in [-0.39, 0.29) is 17.2 Å². The third-order valence-electron chi connectivity index (χ3n) is 2.60. The molecule has 0 bridgehead atoms. The van der Waals surface area contributed by atoms with Crippen LogP contribution in [0.3, 0.4) is 0 Å². The van der Waals surface area contributed by atoms with Gasteiger partial charge in [0.2, 0.25) is 5.91 Å². The van der Waals surface area contributed by atoms with E-state index in [1.54, 1.807) is 0 Å². The monoisotopic (exact) mass is 328 g/mol. The summed E-state index contributed by atoms with van der Waals surface area (Å²) in [7, 11) is 0. The van der Waals surface area contributed by atoms with Crippen molar-refractivity contribution >= 4 is 39.6 Å². The minimum Gasteiger partial charge on any atom is -0.336 e. The van der Waals surface area contributed by atoms with Gasteiger partial charge in [0, 0.05) is 22.5 Å². The maximum atomic E-state index is 12.1. The van der Waals surface area contributed by atoms with Crippen molar-refractivity contribution in [1.82, 2.24) is 10.2 Å². The highest BCUT2D eigenvalue weighted by molar-refractivity contribution is 9.10. The molecule has 1 aromatic carbocycles. The molecule has 0 saturated carbocycles. The number of halogens is 1. The first-order valence-electron chi connectivity index (χ1n) is 5.59. The van der Waals surface area contributed by atoms with Gasteiger partial charge in [-0.3, -0.25) is 9.69 Å². The quantitative estimate of drug-likeness (QED) is 0.867. The number of carbonyl (C=O) groups excluding carboxylic acids is 2. The molecule has 2 rings (SSSR count). The van der Waals surface area contributed by atoms with Crippen LogP contribution < -0.4 is 5.32 Å². The van der Waals surface area contributed by atoms with E-state index in [1.165, 1.54) is 16.7 Å². The summed E-state index contributed by atoms with van der Waals surface area (Å²) >= 11 is 4.82. The van der Waals surface area contributed by atoms with E-state index in [0.717, 1.165) is 9.37 Å². The first-order valence-corrected chi connectivity index (χ1v) is 7.26. The average Bonchev–Trinajstić information content (AvgIpc) is 2.77. The number of hydrogen-bond donors (Lipinski definition) is 1. The summed E-state index contributed by atoms with van der Waals surface area (Å²) in [6, 6.07) is 7.47. The molecule has 18 heavy (non-hydrogen) atoms. The van der Waals surface area contributed by atoms with Gasteiger partial charge in [0.15, 0.2) is 0 Å². The lowest BCUT2D eigenvalue weighted by Gasteiger charge is -2.17. The normalized spacial score (nSPS) is 16.6. The Balaban J connectivity index is 1.99. The standard InChI is InChI=1S/C12H13BrN2O2S/c1-8(11(16)15-7-6-14-12(15)17)18-10-4-2-9(13)3-5-10/h2-5,8H,6-7H2,1H3,(H,14,17). The molecule has 1 saturated heterocycles. The number of nitrogens with zero attached hydrogens (tertiary/aromatic N) is 1. The molecular weight excluding hydrogens is 316 g/mol. The number of nitrogens with one attached hydrogen (secondary N) is 1. The Morgan fingerprint density at radius 3 is 2.67 bits per heavy atom. The fourth-order valence-electron chi connectivity index (χ4n) is 1.67. The van der Waals surface area contributed by atoms with E-state index < -0.39 is 0 Å². The molecule has 1 atom stereocenters. The van der Waals surface area contributed by atoms with Crippen LogP contribution in [0.4, 0.5) is 4.79 Å². The molecule has 1 heterocycles. The van der Waals surface area contributed by atoms with Crippen molar-refractivity contribution in [2.24, 2.45) is 0 Å². The van der Waals surface area contributed by atoms with Crippen LogP contribution in [0.5, 0.6) is 0 Å². The minimum atomic E-state index is -0.289. The van der Waals surface area contributed by atoms with Crippen molar-refractivity contribution in [2.75, 3.05) is 13.1 Å². The van der Waals surface area contributed by atoms with Crippen LogP contribution in [0.1, 0.15) is 6.92 Å². The highest BCUT2D eigenvalue weighted by atomic mass is 79.9. The molecule has 96 valence electrons. The molecule has 4 nitrogen and oxygen atoms in total. The van der Waals surface area contributed by atoms with Gasteiger partial charge in [-0.05, 0) is 31.2 Å². The lowest BCUT2D eigenvalue weighted by Crippen LogP contribution is -2.38. The van der Waals surface area contributed by atoms with E-state index in [1.807, 2.05) is 31.2 Å². The van der Waals surface area contributed by atoms with Crippen molar-refractivity contribution in [3.05, 3.63) is 28.7 Å². The van der Waals surface area contributed by atoms with Gasteiger partial charge in [0.05, 0.1) is 5.25 Å². The maximum Gasteiger partial charge on any atom is 0.324 e. The SMILES string of the molecule is CC(Sc1ccc(Br)cc1)C(=O)N1CCNC1=O. The molecule has 1 fully saturated rings. The van der Waals surface area contributed by atoms with Crippen LogP contribution in [0.25, 0.3) is 0 Å². The summed E-state index contributed by atoms with van der Waals surface area (Å²) in [6.07, 6.45) is 0. The van der Waals surface area contributed by atoms with Gasteiger partial charge in [-0.15, -0.1) is 11.8 Å². The molecule has 3 amide bonds. The number of urea groups is 1. The second kappa shape index (κ2) is 5.75.